The molecule has 7 heteroatoms. The zero-order valence-corrected chi connectivity index (χ0v) is 12.9. The molecule has 112 valence electrons. The molecule has 1 unspecified atom stereocenters. The van der Waals surface area contributed by atoms with Crippen molar-refractivity contribution in [1.29, 1.82) is 0 Å². The summed E-state index contributed by atoms with van der Waals surface area (Å²) in [5, 5.41) is 4.87. The van der Waals surface area contributed by atoms with Gasteiger partial charge in [0.15, 0.2) is 0 Å². The molecule has 0 bridgehead atoms. The van der Waals surface area contributed by atoms with Crippen molar-refractivity contribution in [2.75, 3.05) is 25.4 Å². The van der Waals surface area contributed by atoms with Crippen LogP contribution in [-0.4, -0.2) is 57.2 Å². The topological polar surface area (TPSA) is 60.2 Å². The van der Waals surface area contributed by atoms with Crippen LogP contribution in [0, 0.1) is 0 Å². The fourth-order valence-electron chi connectivity index (χ4n) is 2.15. The third kappa shape index (κ3) is 3.96. The van der Waals surface area contributed by atoms with Crippen molar-refractivity contribution in [1.82, 2.24) is 19.7 Å². The van der Waals surface area contributed by atoms with Gasteiger partial charge in [-0.25, -0.2) is 9.78 Å². The fraction of sp³-hybridized carbons (Fsp3) is 0.769. The van der Waals surface area contributed by atoms with E-state index in [9.17, 15) is 4.79 Å². The highest BCUT2D eigenvalue weighted by Crippen LogP contribution is 2.20. The predicted molar refractivity (Wildman–Crippen MR) is 78.1 cm³/mol. The molecule has 1 amide bonds. The average molecular weight is 298 g/mol. The van der Waals surface area contributed by atoms with E-state index in [1.807, 2.05) is 13.8 Å². The van der Waals surface area contributed by atoms with Gasteiger partial charge in [0.05, 0.1) is 6.10 Å². The minimum absolute atomic E-state index is 0.122. The lowest BCUT2D eigenvalue weighted by molar-refractivity contribution is 0.0315. The Morgan fingerprint density at radius 1 is 1.50 bits per heavy atom. The van der Waals surface area contributed by atoms with Gasteiger partial charge in [-0.2, -0.15) is 4.68 Å². The first-order valence-corrected chi connectivity index (χ1v) is 8.18. The highest BCUT2D eigenvalue weighted by Gasteiger charge is 2.17. The van der Waals surface area contributed by atoms with Gasteiger partial charge in [0.1, 0.15) is 6.33 Å². The van der Waals surface area contributed by atoms with Gasteiger partial charge >= 0.3 is 6.03 Å². The molecule has 0 saturated carbocycles. The molecule has 1 aromatic heterocycles. The maximum absolute atomic E-state index is 12.1. The standard InChI is InChI=1S/C13H22N4O2S/c1-3-16(4-2)13(18)17-10-14-12(15-17)20-9-11-7-5-6-8-19-11/h10-11H,3-9H2,1-2H3. The van der Waals surface area contributed by atoms with Crippen LogP contribution in [0.2, 0.25) is 0 Å². The van der Waals surface area contributed by atoms with Crippen LogP contribution in [0.25, 0.3) is 0 Å². The number of hydrogen-bond acceptors (Lipinski definition) is 5. The minimum Gasteiger partial charge on any atom is -0.377 e. The van der Waals surface area contributed by atoms with Crippen molar-refractivity contribution >= 4 is 17.8 Å². The highest BCUT2D eigenvalue weighted by atomic mass is 32.2. The Hall–Kier alpha value is -1.08. The summed E-state index contributed by atoms with van der Waals surface area (Å²) < 4.78 is 6.99. The summed E-state index contributed by atoms with van der Waals surface area (Å²) in [5.41, 5.74) is 0. The van der Waals surface area contributed by atoms with Crippen LogP contribution < -0.4 is 0 Å². The molecule has 20 heavy (non-hydrogen) atoms. The maximum atomic E-state index is 12.1. The second-order valence-electron chi connectivity index (χ2n) is 4.73. The number of amides is 1. The molecule has 1 aliphatic rings. The summed E-state index contributed by atoms with van der Waals surface area (Å²) in [6, 6.07) is -0.122. The molecular formula is C13H22N4O2S. The first-order valence-electron chi connectivity index (χ1n) is 7.20. The molecule has 6 nitrogen and oxygen atoms in total. The number of thioether (sulfide) groups is 1. The Bertz CT molecular complexity index is 428. The lowest BCUT2D eigenvalue weighted by atomic mass is 10.1. The molecule has 1 saturated heterocycles. The van der Waals surface area contributed by atoms with Gasteiger partial charge in [-0.15, -0.1) is 5.10 Å². The smallest absolute Gasteiger partial charge is 0.346 e. The number of hydrogen-bond donors (Lipinski definition) is 0. The van der Waals surface area contributed by atoms with Crippen LogP contribution in [0.3, 0.4) is 0 Å². The average Bonchev–Trinajstić information content (AvgIpc) is 2.96. The Labute approximate surface area is 123 Å². The van der Waals surface area contributed by atoms with Crippen molar-refractivity contribution in [3.63, 3.8) is 0 Å². The van der Waals surface area contributed by atoms with Gasteiger partial charge in [0, 0.05) is 25.4 Å². The van der Waals surface area contributed by atoms with Crippen molar-refractivity contribution in [2.45, 2.75) is 44.4 Å². The summed E-state index contributed by atoms with van der Waals surface area (Å²) in [6.45, 7) is 6.11. The Morgan fingerprint density at radius 2 is 2.30 bits per heavy atom. The Morgan fingerprint density at radius 3 is 2.95 bits per heavy atom. The van der Waals surface area contributed by atoms with E-state index in [0.717, 1.165) is 25.2 Å². The molecular weight excluding hydrogens is 276 g/mol. The van der Waals surface area contributed by atoms with Gasteiger partial charge in [-0.3, -0.25) is 0 Å². The van der Waals surface area contributed by atoms with E-state index in [1.165, 1.54) is 17.4 Å². The monoisotopic (exact) mass is 298 g/mol. The zero-order chi connectivity index (χ0) is 14.4. The van der Waals surface area contributed by atoms with Gasteiger partial charge in [-0.1, -0.05) is 11.8 Å². The summed E-state index contributed by atoms with van der Waals surface area (Å²) in [4.78, 5) is 18.0. The van der Waals surface area contributed by atoms with Gasteiger partial charge in [0.25, 0.3) is 0 Å². The number of rotatable bonds is 5. The van der Waals surface area contributed by atoms with E-state index in [0.29, 0.717) is 24.3 Å². The van der Waals surface area contributed by atoms with Crippen molar-refractivity contribution in [2.24, 2.45) is 0 Å². The van der Waals surface area contributed by atoms with E-state index in [-0.39, 0.29) is 6.03 Å². The van der Waals surface area contributed by atoms with E-state index in [2.05, 4.69) is 10.1 Å². The van der Waals surface area contributed by atoms with Crippen molar-refractivity contribution < 1.29 is 9.53 Å². The zero-order valence-electron chi connectivity index (χ0n) is 12.1. The Balaban J connectivity index is 1.86. The fourth-order valence-corrected chi connectivity index (χ4v) is 3.02. The first-order chi connectivity index (χ1) is 9.74. The quantitative estimate of drug-likeness (QED) is 0.780. The summed E-state index contributed by atoms with van der Waals surface area (Å²) in [7, 11) is 0. The van der Waals surface area contributed by atoms with Crippen molar-refractivity contribution in [3.05, 3.63) is 6.33 Å². The van der Waals surface area contributed by atoms with Crippen molar-refractivity contribution in [3.8, 4) is 0 Å². The molecule has 0 aromatic carbocycles. The van der Waals surface area contributed by atoms with Crippen LogP contribution in [0.5, 0.6) is 0 Å². The van der Waals surface area contributed by atoms with Gasteiger partial charge in [0.2, 0.25) is 5.16 Å². The SMILES string of the molecule is CCN(CC)C(=O)n1cnc(SCC2CCCCO2)n1. The summed E-state index contributed by atoms with van der Waals surface area (Å²) in [6.07, 6.45) is 5.27. The highest BCUT2D eigenvalue weighted by molar-refractivity contribution is 7.99. The number of carbonyl (C=O) groups is 1. The summed E-state index contributed by atoms with van der Waals surface area (Å²) in [5.74, 6) is 0.851. The molecule has 1 aliphatic heterocycles. The molecule has 1 atom stereocenters. The second kappa shape index (κ2) is 7.64. The largest absolute Gasteiger partial charge is 0.377 e. The number of carbonyl (C=O) groups excluding carboxylic acids is 1. The molecule has 1 fully saturated rings. The van der Waals surface area contributed by atoms with E-state index in [1.54, 1.807) is 16.7 Å². The summed E-state index contributed by atoms with van der Waals surface area (Å²) >= 11 is 1.55. The van der Waals surface area contributed by atoms with Crippen LogP contribution in [0.1, 0.15) is 33.1 Å². The number of aromatic nitrogens is 3. The third-order valence-corrected chi connectivity index (χ3v) is 4.36. The van der Waals surface area contributed by atoms with Crippen LogP contribution >= 0.6 is 11.8 Å². The maximum Gasteiger partial charge on any atom is 0.346 e. The van der Waals surface area contributed by atoms with E-state index >= 15 is 0 Å². The molecule has 1 aromatic rings. The lowest BCUT2D eigenvalue weighted by Crippen LogP contribution is -2.34. The first kappa shape index (κ1) is 15.3. The molecule has 0 radical (unpaired) electrons. The number of nitrogens with zero attached hydrogens (tertiary/aromatic N) is 4. The van der Waals surface area contributed by atoms with Crippen LogP contribution in [0.4, 0.5) is 4.79 Å². The third-order valence-electron chi connectivity index (χ3n) is 3.37. The molecule has 2 heterocycles. The lowest BCUT2D eigenvalue weighted by Gasteiger charge is -2.21. The van der Waals surface area contributed by atoms with Gasteiger partial charge in [-0.05, 0) is 33.1 Å². The predicted octanol–water partition coefficient (Wildman–Crippen LogP) is 2.25. The normalized spacial score (nSPS) is 19.0. The molecule has 2 rings (SSSR count). The molecule has 0 aliphatic carbocycles. The van der Waals surface area contributed by atoms with Gasteiger partial charge < -0.3 is 9.64 Å². The van der Waals surface area contributed by atoms with Crippen LogP contribution in [-0.2, 0) is 4.74 Å². The van der Waals surface area contributed by atoms with E-state index in [4.69, 9.17) is 4.74 Å². The Kier molecular flexibility index (Phi) is 5.85. The number of ether oxygens (including phenoxy) is 1. The second-order valence-corrected chi connectivity index (χ2v) is 5.71. The van der Waals surface area contributed by atoms with E-state index < -0.39 is 0 Å². The minimum atomic E-state index is -0.122. The van der Waals surface area contributed by atoms with Crippen LogP contribution in [0.15, 0.2) is 11.5 Å². The molecule has 0 N–H and O–H groups in total. The molecule has 0 spiro atoms.